The summed E-state index contributed by atoms with van der Waals surface area (Å²) in [5.74, 6) is 1.09. The summed E-state index contributed by atoms with van der Waals surface area (Å²) in [5.41, 5.74) is 6.43. The second kappa shape index (κ2) is 8.53. The number of hydrogen-bond donors (Lipinski definition) is 2. The van der Waals surface area contributed by atoms with Crippen LogP contribution in [0.25, 0.3) is 0 Å². The van der Waals surface area contributed by atoms with Crippen molar-refractivity contribution in [1.29, 1.82) is 0 Å². The Morgan fingerprint density at radius 3 is 2.68 bits per heavy atom. The number of likely N-dealkylation sites (N-methyl/N-ethyl adjacent to an activating group) is 1. The maximum atomic E-state index is 5.95. The van der Waals surface area contributed by atoms with Gasteiger partial charge in [-0.25, -0.2) is 4.98 Å². The van der Waals surface area contributed by atoms with Crippen LogP contribution in [-0.4, -0.2) is 47.7 Å². The van der Waals surface area contributed by atoms with E-state index in [-0.39, 0.29) is 0 Å². The molecule has 0 aliphatic rings. The number of nitrogens with two attached hydrogens (primary N) is 1. The average molecular weight is 267 g/mol. The van der Waals surface area contributed by atoms with Gasteiger partial charge in [0.05, 0.1) is 6.61 Å². The quantitative estimate of drug-likeness (QED) is 0.708. The molecule has 0 saturated heterocycles. The number of hydrogen-bond acceptors (Lipinski definition) is 6. The van der Waals surface area contributed by atoms with E-state index >= 15 is 0 Å². The molecule has 0 amide bonds. The Morgan fingerprint density at radius 2 is 2.05 bits per heavy atom. The minimum atomic E-state index is 0.445. The first-order valence-electron chi connectivity index (χ1n) is 6.92. The molecule has 0 radical (unpaired) electrons. The molecule has 108 valence electrons. The SMILES string of the molecule is CCCN(CC)CCNc1ncnc(OCC)c1N. The number of nitrogens with zero attached hydrogens (tertiary/aromatic N) is 3. The van der Waals surface area contributed by atoms with Crippen molar-refractivity contribution in [2.45, 2.75) is 27.2 Å². The summed E-state index contributed by atoms with van der Waals surface area (Å²) >= 11 is 0. The molecule has 0 bridgehead atoms. The highest BCUT2D eigenvalue weighted by molar-refractivity contribution is 5.66. The smallest absolute Gasteiger partial charge is 0.242 e. The fourth-order valence-corrected chi connectivity index (χ4v) is 1.85. The summed E-state index contributed by atoms with van der Waals surface area (Å²) in [6, 6.07) is 0. The van der Waals surface area contributed by atoms with Crippen molar-refractivity contribution in [3.63, 3.8) is 0 Å². The normalized spacial score (nSPS) is 10.7. The second-order valence-corrected chi connectivity index (χ2v) is 4.24. The van der Waals surface area contributed by atoms with Gasteiger partial charge in [0, 0.05) is 13.1 Å². The van der Waals surface area contributed by atoms with Gasteiger partial charge < -0.3 is 20.7 Å². The molecule has 0 fully saturated rings. The molecule has 1 heterocycles. The zero-order valence-corrected chi connectivity index (χ0v) is 12.1. The third-order valence-corrected chi connectivity index (χ3v) is 2.84. The van der Waals surface area contributed by atoms with Crippen LogP contribution in [0, 0.1) is 0 Å². The fourth-order valence-electron chi connectivity index (χ4n) is 1.85. The van der Waals surface area contributed by atoms with E-state index in [2.05, 4.69) is 34.0 Å². The van der Waals surface area contributed by atoms with Crippen LogP contribution in [0.15, 0.2) is 6.33 Å². The van der Waals surface area contributed by atoms with Crippen LogP contribution in [0.1, 0.15) is 27.2 Å². The summed E-state index contributed by atoms with van der Waals surface area (Å²) in [6.45, 7) is 10.7. The Kier molecular flexibility index (Phi) is 6.95. The Bertz CT molecular complexity index is 372. The highest BCUT2D eigenvalue weighted by Gasteiger charge is 2.08. The summed E-state index contributed by atoms with van der Waals surface area (Å²) < 4.78 is 5.34. The molecule has 0 unspecified atom stereocenters. The predicted octanol–water partition coefficient (Wildman–Crippen LogP) is 1.60. The van der Waals surface area contributed by atoms with E-state index in [0.29, 0.717) is 24.0 Å². The average Bonchev–Trinajstić information content (AvgIpc) is 2.42. The topological polar surface area (TPSA) is 76.3 Å². The van der Waals surface area contributed by atoms with Crippen LogP contribution in [0.2, 0.25) is 0 Å². The van der Waals surface area contributed by atoms with Crippen LogP contribution in [0.5, 0.6) is 5.88 Å². The first-order chi connectivity index (χ1) is 9.22. The summed E-state index contributed by atoms with van der Waals surface area (Å²) in [7, 11) is 0. The molecule has 0 aliphatic carbocycles. The van der Waals surface area contributed by atoms with Crippen molar-refractivity contribution in [3.05, 3.63) is 6.33 Å². The van der Waals surface area contributed by atoms with E-state index in [9.17, 15) is 0 Å². The van der Waals surface area contributed by atoms with E-state index in [0.717, 1.165) is 32.6 Å². The van der Waals surface area contributed by atoms with Gasteiger partial charge in [-0.15, -0.1) is 0 Å². The van der Waals surface area contributed by atoms with E-state index in [1.165, 1.54) is 6.33 Å². The zero-order chi connectivity index (χ0) is 14.1. The van der Waals surface area contributed by atoms with Gasteiger partial charge >= 0.3 is 0 Å². The molecule has 6 nitrogen and oxygen atoms in total. The number of aromatic nitrogens is 2. The molecule has 1 rings (SSSR count). The minimum Gasteiger partial charge on any atom is -0.476 e. The van der Waals surface area contributed by atoms with Crippen LogP contribution in [0.4, 0.5) is 11.5 Å². The lowest BCUT2D eigenvalue weighted by atomic mass is 10.4. The van der Waals surface area contributed by atoms with Crippen LogP contribution in [-0.2, 0) is 0 Å². The molecule has 0 atom stereocenters. The summed E-state index contributed by atoms with van der Waals surface area (Å²) in [6.07, 6.45) is 2.63. The van der Waals surface area contributed by atoms with E-state index in [1.807, 2.05) is 6.92 Å². The molecular weight excluding hydrogens is 242 g/mol. The van der Waals surface area contributed by atoms with Crippen molar-refractivity contribution in [2.24, 2.45) is 0 Å². The molecule has 0 spiro atoms. The van der Waals surface area contributed by atoms with Gasteiger partial charge in [-0.3, -0.25) is 0 Å². The Labute approximate surface area is 115 Å². The van der Waals surface area contributed by atoms with Crippen molar-refractivity contribution in [2.75, 3.05) is 43.8 Å². The highest BCUT2D eigenvalue weighted by Crippen LogP contribution is 2.24. The van der Waals surface area contributed by atoms with Crippen molar-refractivity contribution in [3.8, 4) is 5.88 Å². The van der Waals surface area contributed by atoms with Gasteiger partial charge in [0.1, 0.15) is 12.0 Å². The number of nitrogens with one attached hydrogen (secondary N) is 1. The molecule has 0 saturated carbocycles. The molecule has 19 heavy (non-hydrogen) atoms. The van der Waals surface area contributed by atoms with Gasteiger partial charge in [0.15, 0.2) is 5.82 Å². The van der Waals surface area contributed by atoms with Crippen LogP contribution < -0.4 is 15.8 Å². The minimum absolute atomic E-state index is 0.445. The predicted molar refractivity (Wildman–Crippen MR) is 78.5 cm³/mol. The molecule has 1 aromatic heterocycles. The van der Waals surface area contributed by atoms with Crippen molar-refractivity contribution >= 4 is 11.5 Å². The van der Waals surface area contributed by atoms with Gasteiger partial charge in [0.25, 0.3) is 0 Å². The van der Waals surface area contributed by atoms with Crippen LogP contribution >= 0.6 is 0 Å². The summed E-state index contributed by atoms with van der Waals surface area (Å²) in [4.78, 5) is 10.5. The largest absolute Gasteiger partial charge is 0.476 e. The Hall–Kier alpha value is -1.56. The maximum absolute atomic E-state index is 5.95. The van der Waals surface area contributed by atoms with Crippen molar-refractivity contribution in [1.82, 2.24) is 14.9 Å². The third-order valence-electron chi connectivity index (χ3n) is 2.84. The summed E-state index contributed by atoms with van der Waals surface area (Å²) in [5, 5.41) is 3.24. The lowest BCUT2D eigenvalue weighted by Gasteiger charge is -2.20. The van der Waals surface area contributed by atoms with Crippen LogP contribution in [0.3, 0.4) is 0 Å². The lowest BCUT2D eigenvalue weighted by molar-refractivity contribution is 0.300. The van der Waals surface area contributed by atoms with Gasteiger partial charge in [-0.05, 0) is 26.4 Å². The number of ether oxygens (including phenoxy) is 1. The zero-order valence-electron chi connectivity index (χ0n) is 12.1. The molecular formula is C13H25N5O. The van der Waals surface area contributed by atoms with Gasteiger partial charge in [0.2, 0.25) is 5.88 Å². The third kappa shape index (κ3) is 4.90. The maximum Gasteiger partial charge on any atom is 0.242 e. The van der Waals surface area contributed by atoms with E-state index < -0.39 is 0 Å². The molecule has 0 aliphatic heterocycles. The number of anilines is 2. The molecule has 0 aromatic carbocycles. The monoisotopic (exact) mass is 267 g/mol. The first-order valence-corrected chi connectivity index (χ1v) is 6.92. The fraction of sp³-hybridized carbons (Fsp3) is 0.692. The Morgan fingerprint density at radius 1 is 1.26 bits per heavy atom. The van der Waals surface area contributed by atoms with Gasteiger partial charge in [-0.1, -0.05) is 13.8 Å². The molecule has 1 aromatic rings. The number of nitrogen functional groups attached to an aromatic ring is 1. The first kappa shape index (κ1) is 15.5. The standard InChI is InChI=1S/C13H25N5O/c1-4-8-18(5-2)9-7-15-12-11(14)13(19-6-3)17-10-16-12/h10H,4-9,14H2,1-3H3,(H,15,16,17). The Balaban J connectivity index is 2.51. The second-order valence-electron chi connectivity index (χ2n) is 4.24. The molecule has 3 N–H and O–H groups in total. The van der Waals surface area contributed by atoms with E-state index in [1.54, 1.807) is 0 Å². The molecule has 6 heteroatoms. The van der Waals surface area contributed by atoms with Gasteiger partial charge in [-0.2, -0.15) is 4.98 Å². The van der Waals surface area contributed by atoms with E-state index in [4.69, 9.17) is 10.5 Å². The lowest BCUT2D eigenvalue weighted by Crippen LogP contribution is -2.30. The highest BCUT2D eigenvalue weighted by atomic mass is 16.5. The number of rotatable bonds is 9. The van der Waals surface area contributed by atoms with Crippen molar-refractivity contribution < 1.29 is 4.74 Å².